The van der Waals surface area contributed by atoms with Crippen molar-refractivity contribution >= 4 is 50.7 Å². The van der Waals surface area contributed by atoms with Gasteiger partial charge in [0.2, 0.25) is 15.9 Å². The molecule has 1 fully saturated rings. The molecule has 3 aromatic rings. The summed E-state index contributed by atoms with van der Waals surface area (Å²) in [6, 6.07) is 14.7. The molecule has 2 amide bonds. The van der Waals surface area contributed by atoms with E-state index in [9.17, 15) is 26.8 Å². The summed E-state index contributed by atoms with van der Waals surface area (Å²) in [7, 11) is -4.39. The molecule has 0 aromatic heterocycles. The van der Waals surface area contributed by atoms with E-state index in [4.69, 9.17) is 28.4 Å². The quantitative estimate of drug-likeness (QED) is 0.232. The molecule has 1 unspecified atom stereocenters. The third-order valence-corrected chi connectivity index (χ3v) is 8.40. The maximum Gasteiger partial charge on any atom is 0.261 e. The SMILES string of the molecule is CC(NS(=O)(=O)CC(=O)N(c1cc(F)cc(F)c1)C1CN(C(c2ccc(Cl)cc2)c2ccc(Cl)cc2)C1)C(=O)NO. The van der Waals surface area contributed by atoms with Crippen molar-refractivity contribution in [2.75, 3.05) is 23.7 Å². The van der Waals surface area contributed by atoms with E-state index in [0.29, 0.717) is 16.1 Å². The molecule has 9 nitrogen and oxygen atoms in total. The van der Waals surface area contributed by atoms with E-state index in [1.807, 2.05) is 33.9 Å². The molecule has 0 bridgehead atoms. The van der Waals surface area contributed by atoms with Crippen LogP contribution >= 0.6 is 23.2 Å². The zero-order valence-corrected chi connectivity index (χ0v) is 23.9. The molecular formula is C27H26Cl2F2N4O5S. The number of anilines is 1. The Morgan fingerprint density at radius 3 is 1.93 bits per heavy atom. The zero-order chi connectivity index (χ0) is 29.9. The van der Waals surface area contributed by atoms with Crippen LogP contribution < -0.4 is 15.1 Å². The first kappa shape index (κ1) is 30.8. The summed E-state index contributed by atoms with van der Waals surface area (Å²) in [6.07, 6.45) is 0. The van der Waals surface area contributed by atoms with Crippen molar-refractivity contribution in [2.24, 2.45) is 0 Å². The van der Waals surface area contributed by atoms with Gasteiger partial charge in [-0.1, -0.05) is 47.5 Å². The number of carbonyl (C=O) groups excluding carboxylic acids is 2. The first-order valence-corrected chi connectivity index (χ1v) is 14.7. The van der Waals surface area contributed by atoms with Gasteiger partial charge in [-0.05, 0) is 54.4 Å². The van der Waals surface area contributed by atoms with Crippen molar-refractivity contribution in [3.63, 3.8) is 0 Å². The molecule has 1 atom stereocenters. The van der Waals surface area contributed by atoms with E-state index in [1.54, 1.807) is 24.3 Å². The molecule has 1 aliphatic rings. The number of nitrogens with zero attached hydrogens (tertiary/aromatic N) is 2. The zero-order valence-electron chi connectivity index (χ0n) is 21.6. The molecule has 4 rings (SSSR count). The average molecular weight is 627 g/mol. The first-order valence-electron chi connectivity index (χ1n) is 12.3. The van der Waals surface area contributed by atoms with Crippen molar-refractivity contribution in [3.8, 4) is 0 Å². The lowest BCUT2D eigenvalue weighted by atomic mass is 9.92. The van der Waals surface area contributed by atoms with E-state index in [2.05, 4.69) is 0 Å². The van der Waals surface area contributed by atoms with Gasteiger partial charge in [0.1, 0.15) is 17.4 Å². The number of halogens is 4. The van der Waals surface area contributed by atoms with Gasteiger partial charge >= 0.3 is 0 Å². The Labute approximate surface area is 245 Å². The Balaban J connectivity index is 1.62. The molecule has 1 saturated heterocycles. The highest BCUT2D eigenvalue weighted by atomic mass is 35.5. The van der Waals surface area contributed by atoms with Gasteiger partial charge in [-0.2, -0.15) is 0 Å². The van der Waals surface area contributed by atoms with E-state index < -0.39 is 51.3 Å². The monoisotopic (exact) mass is 626 g/mol. The Kier molecular flexibility index (Phi) is 9.62. The van der Waals surface area contributed by atoms with Crippen molar-refractivity contribution < 1.29 is 32.0 Å². The van der Waals surface area contributed by atoms with Crippen molar-refractivity contribution in [1.29, 1.82) is 0 Å². The van der Waals surface area contributed by atoms with Gasteiger partial charge in [0.25, 0.3) is 5.91 Å². The summed E-state index contributed by atoms with van der Waals surface area (Å²) in [4.78, 5) is 28.0. The van der Waals surface area contributed by atoms with Crippen LogP contribution in [0.1, 0.15) is 24.1 Å². The van der Waals surface area contributed by atoms with Gasteiger partial charge in [-0.3, -0.25) is 19.7 Å². The normalized spacial score (nSPS) is 14.9. The lowest BCUT2D eigenvalue weighted by Gasteiger charge is -2.49. The summed E-state index contributed by atoms with van der Waals surface area (Å²) in [6.45, 7) is 1.64. The minimum absolute atomic E-state index is 0.150. The number of carbonyl (C=O) groups is 2. The van der Waals surface area contributed by atoms with E-state index >= 15 is 0 Å². The number of amides is 2. The summed E-state index contributed by atoms with van der Waals surface area (Å²) in [5.41, 5.74) is 2.96. The molecule has 0 radical (unpaired) electrons. The van der Waals surface area contributed by atoms with E-state index in [-0.39, 0.29) is 24.8 Å². The number of hydrogen-bond acceptors (Lipinski definition) is 6. The Bertz CT molecular complexity index is 1460. The van der Waals surface area contributed by atoms with Crippen LogP contribution in [-0.2, 0) is 19.6 Å². The fourth-order valence-corrected chi connectivity index (χ4v) is 6.14. The summed E-state index contributed by atoms with van der Waals surface area (Å²) in [5.74, 6) is -4.98. The summed E-state index contributed by atoms with van der Waals surface area (Å²) in [5, 5.41) is 9.85. The number of hydroxylamine groups is 1. The maximum absolute atomic E-state index is 14.2. The predicted molar refractivity (Wildman–Crippen MR) is 150 cm³/mol. The van der Waals surface area contributed by atoms with E-state index in [1.165, 1.54) is 12.4 Å². The minimum Gasteiger partial charge on any atom is -0.306 e. The van der Waals surface area contributed by atoms with Gasteiger partial charge in [0.05, 0.1) is 18.1 Å². The molecule has 0 saturated carbocycles. The number of nitrogens with one attached hydrogen (secondary N) is 2. The maximum atomic E-state index is 14.2. The number of rotatable bonds is 10. The van der Waals surface area contributed by atoms with Crippen LogP contribution in [0.15, 0.2) is 66.7 Å². The molecule has 0 spiro atoms. The van der Waals surface area contributed by atoms with Crippen LogP contribution in [0.5, 0.6) is 0 Å². The van der Waals surface area contributed by atoms with Crippen LogP contribution in [0.25, 0.3) is 0 Å². The second-order valence-electron chi connectivity index (χ2n) is 9.58. The molecule has 0 aliphatic carbocycles. The molecule has 1 aliphatic heterocycles. The number of hydrogen-bond donors (Lipinski definition) is 3. The fourth-order valence-electron chi connectivity index (χ4n) is 4.70. The predicted octanol–water partition coefficient (Wildman–Crippen LogP) is 3.89. The molecule has 14 heteroatoms. The van der Waals surface area contributed by atoms with Gasteiger partial charge < -0.3 is 4.90 Å². The first-order chi connectivity index (χ1) is 19.4. The molecular weight excluding hydrogens is 601 g/mol. The van der Waals surface area contributed by atoms with Crippen molar-refractivity contribution in [1.82, 2.24) is 15.1 Å². The van der Waals surface area contributed by atoms with Crippen LogP contribution in [0.4, 0.5) is 14.5 Å². The van der Waals surface area contributed by atoms with Crippen LogP contribution in [0.2, 0.25) is 10.0 Å². The number of benzene rings is 3. The summed E-state index contributed by atoms with van der Waals surface area (Å²) < 4.78 is 55.7. The molecule has 41 heavy (non-hydrogen) atoms. The fraction of sp³-hybridized carbons (Fsp3) is 0.259. The van der Waals surface area contributed by atoms with Crippen LogP contribution in [-0.4, -0.2) is 61.3 Å². The Morgan fingerprint density at radius 1 is 0.976 bits per heavy atom. The number of likely N-dealkylation sites (tertiary alicyclic amines) is 1. The Hall–Kier alpha value is -3.13. The second-order valence-corrected chi connectivity index (χ2v) is 12.2. The molecule has 3 aromatic carbocycles. The third kappa shape index (κ3) is 7.59. The summed E-state index contributed by atoms with van der Waals surface area (Å²) >= 11 is 12.2. The smallest absolute Gasteiger partial charge is 0.261 e. The largest absolute Gasteiger partial charge is 0.306 e. The highest BCUT2D eigenvalue weighted by Crippen LogP contribution is 2.36. The van der Waals surface area contributed by atoms with Crippen LogP contribution in [0.3, 0.4) is 0 Å². The topological polar surface area (TPSA) is 119 Å². The molecule has 3 N–H and O–H groups in total. The van der Waals surface area contributed by atoms with E-state index in [0.717, 1.165) is 28.2 Å². The highest BCUT2D eigenvalue weighted by Gasteiger charge is 2.41. The molecule has 1 heterocycles. The van der Waals surface area contributed by atoms with Crippen molar-refractivity contribution in [3.05, 3.63) is 99.5 Å². The number of sulfonamides is 1. The van der Waals surface area contributed by atoms with Gasteiger partial charge in [0.15, 0.2) is 0 Å². The Morgan fingerprint density at radius 2 is 1.46 bits per heavy atom. The minimum atomic E-state index is -4.39. The second kappa shape index (κ2) is 12.8. The third-order valence-electron chi connectivity index (χ3n) is 6.56. The lowest BCUT2D eigenvalue weighted by Crippen LogP contribution is -2.63. The highest BCUT2D eigenvalue weighted by molar-refractivity contribution is 7.90. The lowest BCUT2D eigenvalue weighted by molar-refractivity contribution is -0.130. The van der Waals surface area contributed by atoms with Gasteiger partial charge in [0, 0.05) is 34.9 Å². The standard InChI is InChI=1S/C27H26Cl2F2N4O5S/c1-16(27(37)32-38)33-41(39,40)15-25(36)35(23-11-21(30)10-22(31)12-23)24-13-34(14-24)26(17-2-6-19(28)7-3-17)18-4-8-20(29)9-5-18/h2-12,16,24,26,33,38H,13-15H2,1H3,(H,32,37). The van der Waals surface area contributed by atoms with Gasteiger partial charge in [-0.25, -0.2) is 27.4 Å². The van der Waals surface area contributed by atoms with Crippen molar-refractivity contribution in [2.45, 2.75) is 25.0 Å². The molecule has 218 valence electrons. The average Bonchev–Trinajstić information content (AvgIpc) is 2.87. The van der Waals surface area contributed by atoms with Crippen LogP contribution in [0, 0.1) is 11.6 Å². The van der Waals surface area contributed by atoms with Gasteiger partial charge in [-0.15, -0.1) is 0 Å².